The van der Waals surface area contributed by atoms with Crippen molar-refractivity contribution in [3.8, 4) is 11.1 Å². The second-order valence-electron chi connectivity index (χ2n) is 5.62. The van der Waals surface area contributed by atoms with Gasteiger partial charge in [-0.25, -0.2) is 0 Å². The largest absolute Gasteiger partial charge is 0.351 e. The van der Waals surface area contributed by atoms with Crippen LogP contribution in [-0.2, 0) is 4.79 Å². The Bertz CT molecular complexity index is 707. The predicted molar refractivity (Wildman–Crippen MR) is 97.7 cm³/mol. The molecule has 0 unspecified atom stereocenters. The first kappa shape index (κ1) is 16.4. The topological polar surface area (TPSA) is 55.1 Å². The maximum Gasteiger partial charge on any atom is 0.237 e. The van der Waals surface area contributed by atoms with Crippen LogP contribution in [0.3, 0.4) is 0 Å². The molecule has 0 spiro atoms. The number of amides is 1. The minimum Gasteiger partial charge on any atom is -0.351 e. The molecule has 0 radical (unpaired) electrons. The van der Waals surface area contributed by atoms with Gasteiger partial charge in [-0.1, -0.05) is 41.9 Å². The van der Waals surface area contributed by atoms with E-state index in [2.05, 4.69) is 11.4 Å². The van der Waals surface area contributed by atoms with Gasteiger partial charge in [-0.05, 0) is 47.1 Å². The molecule has 3 nitrogen and oxygen atoms in total. The molecule has 2 atom stereocenters. The Balaban J connectivity index is 1.89. The zero-order valence-electron chi connectivity index (χ0n) is 12.7. The monoisotopic (exact) mass is 346 g/mol. The molecule has 3 N–H and O–H groups in total. The third-order valence-electron chi connectivity index (χ3n) is 3.97. The maximum absolute atomic E-state index is 12.5. The van der Waals surface area contributed by atoms with Gasteiger partial charge in [-0.2, -0.15) is 0 Å². The fourth-order valence-electron chi connectivity index (χ4n) is 2.73. The zero-order valence-corrected chi connectivity index (χ0v) is 14.2. The van der Waals surface area contributed by atoms with Crippen molar-refractivity contribution in [2.75, 3.05) is 12.3 Å². The van der Waals surface area contributed by atoms with Gasteiger partial charge in [0.25, 0.3) is 0 Å². The summed E-state index contributed by atoms with van der Waals surface area (Å²) in [6.07, 6.45) is 0.914. The summed E-state index contributed by atoms with van der Waals surface area (Å²) in [6.45, 7) is 0.488. The highest BCUT2D eigenvalue weighted by Crippen LogP contribution is 2.34. The number of nitrogens with two attached hydrogens (primary N) is 1. The van der Waals surface area contributed by atoms with E-state index in [0.717, 1.165) is 28.9 Å². The maximum atomic E-state index is 12.5. The smallest absolute Gasteiger partial charge is 0.237 e. The van der Waals surface area contributed by atoms with Gasteiger partial charge in [0, 0.05) is 17.6 Å². The highest BCUT2D eigenvalue weighted by molar-refractivity contribution is 8.00. The van der Waals surface area contributed by atoms with E-state index in [1.54, 1.807) is 11.8 Å². The molecule has 1 fully saturated rings. The number of hydrogen-bond acceptors (Lipinski definition) is 3. The Labute approximate surface area is 145 Å². The average Bonchev–Trinajstić information content (AvgIpc) is 2.76. The van der Waals surface area contributed by atoms with Crippen LogP contribution < -0.4 is 11.1 Å². The van der Waals surface area contributed by atoms with E-state index in [0.29, 0.717) is 11.6 Å². The van der Waals surface area contributed by atoms with Crippen LogP contribution in [0.15, 0.2) is 48.5 Å². The number of thioether (sulfide) groups is 1. The quantitative estimate of drug-likeness (QED) is 0.892. The van der Waals surface area contributed by atoms with Crippen LogP contribution in [0, 0.1) is 0 Å². The van der Waals surface area contributed by atoms with Gasteiger partial charge < -0.3 is 11.1 Å². The summed E-state index contributed by atoms with van der Waals surface area (Å²) in [4.78, 5) is 12.5. The summed E-state index contributed by atoms with van der Waals surface area (Å²) >= 11 is 7.76. The van der Waals surface area contributed by atoms with Gasteiger partial charge >= 0.3 is 0 Å². The molecule has 0 aromatic heterocycles. The van der Waals surface area contributed by atoms with Gasteiger partial charge in [0.15, 0.2) is 0 Å². The Morgan fingerprint density at radius 3 is 2.65 bits per heavy atom. The van der Waals surface area contributed by atoms with E-state index >= 15 is 0 Å². The van der Waals surface area contributed by atoms with E-state index in [1.165, 1.54) is 0 Å². The lowest BCUT2D eigenvalue weighted by atomic mass is 10.0. The summed E-state index contributed by atoms with van der Waals surface area (Å²) in [5, 5.41) is 3.56. The van der Waals surface area contributed by atoms with E-state index < -0.39 is 0 Å². The summed E-state index contributed by atoms with van der Waals surface area (Å²) in [6, 6.07) is 15.9. The van der Waals surface area contributed by atoms with Crippen molar-refractivity contribution in [3.05, 3.63) is 59.1 Å². The minimum absolute atomic E-state index is 0.0474. The van der Waals surface area contributed by atoms with Gasteiger partial charge in [0.05, 0.1) is 0 Å². The van der Waals surface area contributed by atoms with Crippen molar-refractivity contribution in [2.45, 2.75) is 17.7 Å². The molecule has 2 aromatic carbocycles. The van der Waals surface area contributed by atoms with Gasteiger partial charge in [-0.15, -0.1) is 11.8 Å². The molecule has 1 aliphatic rings. The molecule has 3 rings (SSSR count). The highest BCUT2D eigenvalue weighted by Gasteiger charge is 2.26. The van der Waals surface area contributed by atoms with Crippen LogP contribution in [0.25, 0.3) is 11.1 Å². The number of benzene rings is 2. The van der Waals surface area contributed by atoms with Crippen LogP contribution in [0.2, 0.25) is 5.02 Å². The van der Waals surface area contributed by atoms with E-state index in [-0.39, 0.29) is 17.2 Å². The molecule has 1 aliphatic heterocycles. The molecule has 120 valence electrons. The Kier molecular flexibility index (Phi) is 5.26. The first-order valence-corrected chi connectivity index (χ1v) is 9.08. The molecule has 2 aromatic rings. The van der Waals surface area contributed by atoms with E-state index in [4.69, 9.17) is 17.3 Å². The Hall–Kier alpha value is -1.49. The molecule has 0 aliphatic carbocycles. The number of carbonyl (C=O) groups excluding carboxylic acids is 1. The highest BCUT2D eigenvalue weighted by atomic mass is 35.5. The molecule has 1 saturated heterocycles. The second kappa shape index (κ2) is 7.39. The lowest BCUT2D eigenvalue weighted by Crippen LogP contribution is -2.40. The summed E-state index contributed by atoms with van der Waals surface area (Å²) < 4.78 is 0. The molecular weight excluding hydrogens is 328 g/mol. The fourth-order valence-corrected chi connectivity index (χ4v) is 4.13. The van der Waals surface area contributed by atoms with Crippen molar-refractivity contribution in [3.63, 3.8) is 0 Å². The zero-order chi connectivity index (χ0) is 16.2. The number of hydrogen-bond donors (Lipinski definition) is 2. The lowest BCUT2D eigenvalue weighted by Gasteiger charge is -2.16. The Morgan fingerprint density at radius 1 is 1.17 bits per heavy atom. The van der Waals surface area contributed by atoms with Crippen molar-refractivity contribution in [1.29, 1.82) is 0 Å². The number of halogens is 1. The lowest BCUT2D eigenvalue weighted by molar-refractivity contribution is -0.121. The molecule has 5 heteroatoms. The standard InChI is InChI=1S/C18H19ClN2OS/c19-15-6-2-4-13(10-15)12-3-1-5-14(9-12)17-18(22)21-16(11-20)7-8-23-17/h1-6,9-10,16-17H,7-8,11,20H2,(H,21,22)/t16-,17+/m1/s1. The van der Waals surface area contributed by atoms with Gasteiger partial charge in [-0.3, -0.25) is 4.79 Å². The fraction of sp³-hybridized carbons (Fsp3) is 0.278. The van der Waals surface area contributed by atoms with Crippen molar-refractivity contribution < 1.29 is 4.79 Å². The van der Waals surface area contributed by atoms with Crippen LogP contribution in [0.4, 0.5) is 0 Å². The third kappa shape index (κ3) is 3.89. The summed E-state index contributed by atoms with van der Waals surface area (Å²) in [7, 11) is 0. The van der Waals surface area contributed by atoms with Crippen LogP contribution in [0.5, 0.6) is 0 Å². The van der Waals surface area contributed by atoms with Gasteiger partial charge in [0.2, 0.25) is 5.91 Å². The van der Waals surface area contributed by atoms with Crippen LogP contribution >= 0.6 is 23.4 Å². The first-order chi connectivity index (χ1) is 11.2. The Morgan fingerprint density at radius 2 is 1.91 bits per heavy atom. The minimum atomic E-state index is -0.189. The van der Waals surface area contributed by atoms with E-state index in [9.17, 15) is 4.79 Å². The molecule has 0 saturated carbocycles. The molecule has 0 bridgehead atoms. The molecule has 23 heavy (non-hydrogen) atoms. The molecule has 1 amide bonds. The van der Waals surface area contributed by atoms with Crippen molar-refractivity contribution in [1.82, 2.24) is 5.32 Å². The molecular formula is C18H19ClN2OS. The van der Waals surface area contributed by atoms with Crippen molar-refractivity contribution in [2.24, 2.45) is 5.73 Å². The van der Waals surface area contributed by atoms with Gasteiger partial charge in [0.1, 0.15) is 5.25 Å². The third-order valence-corrected chi connectivity index (χ3v) is 5.49. The number of rotatable bonds is 3. The normalized spacial score (nSPS) is 21.6. The number of carbonyl (C=O) groups is 1. The first-order valence-electron chi connectivity index (χ1n) is 7.65. The summed E-state index contributed by atoms with van der Waals surface area (Å²) in [5.41, 5.74) is 8.83. The number of nitrogens with one attached hydrogen (secondary N) is 1. The van der Waals surface area contributed by atoms with Crippen molar-refractivity contribution >= 4 is 29.3 Å². The second-order valence-corrected chi connectivity index (χ2v) is 7.27. The average molecular weight is 347 g/mol. The molecule has 1 heterocycles. The van der Waals surface area contributed by atoms with Crippen LogP contribution in [0.1, 0.15) is 17.2 Å². The summed E-state index contributed by atoms with van der Waals surface area (Å²) in [5.74, 6) is 0.971. The van der Waals surface area contributed by atoms with E-state index in [1.807, 2.05) is 42.5 Å². The van der Waals surface area contributed by atoms with Crippen LogP contribution in [-0.4, -0.2) is 24.2 Å². The predicted octanol–water partition coefficient (Wildman–Crippen LogP) is 3.63. The SMILES string of the molecule is NC[C@H]1CCS[C@@H](c2cccc(-c3cccc(Cl)c3)c2)C(=O)N1.